The van der Waals surface area contributed by atoms with Crippen LogP contribution in [0.1, 0.15) is 28.5 Å². The average Bonchev–Trinajstić information content (AvgIpc) is 2.91. The van der Waals surface area contributed by atoms with Gasteiger partial charge in [0.15, 0.2) is 17.2 Å². The number of carbonyl (C=O) groups is 1. The van der Waals surface area contributed by atoms with Crippen LogP contribution in [-0.4, -0.2) is 22.9 Å². The molecule has 0 unspecified atom stereocenters. The molecule has 0 atom stereocenters. The first kappa shape index (κ1) is 17.6. The van der Waals surface area contributed by atoms with Gasteiger partial charge in [-0.25, -0.2) is 4.79 Å². The second kappa shape index (κ2) is 6.77. The third-order valence-electron chi connectivity index (χ3n) is 3.07. The fourth-order valence-electron chi connectivity index (χ4n) is 2.07. The van der Waals surface area contributed by atoms with Gasteiger partial charge >= 0.3 is 12.1 Å². The van der Waals surface area contributed by atoms with Crippen molar-refractivity contribution in [3.8, 4) is 11.5 Å². The summed E-state index contributed by atoms with van der Waals surface area (Å²) in [6.07, 6.45) is -0.177. The summed E-state index contributed by atoms with van der Waals surface area (Å²) in [5, 5.41) is 3.28. The molecule has 0 aliphatic rings. The number of alkyl halides is 3. The lowest BCUT2D eigenvalue weighted by Gasteiger charge is -2.10. The predicted molar refractivity (Wildman–Crippen MR) is 80.9 cm³/mol. The highest BCUT2D eigenvalue weighted by atomic mass is 19.4. The van der Waals surface area contributed by atoms with E-state index in [1.807, 2.05) is 13.0 Å². The number of hydrogen-bond donors (Lipinski definition) is 0. The Hall–Kier alpha value is -2.77. The molecule has 0 amide bonds. The third-order valence-corrected chi connectivity index (χ3v) is 3.07. The lowest BCUT2D eigenvalue weighted by Crippen LogP contribution is -2.16. The zero-order valence-electron chi connectivity index (χ0n) is 13.2. The highest BCUT2D eigenvalue weighted by molar-refractivity contribution is 5.92. The number of nitrogens with zero attached hydrogens (tertiary/aromatic N) is 2. The molecule has 5 nitrogen and oxygen atoms in total. The molecule has 0 bridgehead atoms. The second-order valence-electron chi connectivity index (χ2n) is 4.86. The lowest BCUT2D eigenvalue weighted by atomic mass is 10.2. The number of allylic oxidation sites excluding steroid dienone is 1. The Bertz CT molecular complexity index is 779. The summed E-state index contributed by atoms with van der Waals surface area (Å²) in [4.78, 5) is 12.1. The number of hydrogen-bond acceptors (Lipinski definition) is 4. The second-order valence-corrected chi connectivity index (χ2v) is 4.86. The van der Waals surface area contributed by atoms with Crippen molar-refractivity contribution < 1.29 is 27.4 Å². The Morgan fingerprint density at radius 2 is 2.00 bits per heavy atom. The number of methoxy groups -OCH3 is 1. The van der Waals surface area contributed by atoms with Crippen LogP contribution in [0.2, 0.25) is 0 Å². The molecule has 0 aliphatic carbocycles. The van der Waals surface area contributed by atoms with Crippen LogP contribution in [-0.2, 0) is 13.2 Å². The van der Waals surface area contributed by atoms with E-state index >= 15 is 0 Å². The van der Waals surface area contributed by atoms with Crippen molar-refractivity contribution in [3.05, 3.63) is 47.3 Å². The largest absolute Gasteiger partial charge is 0.493 e. The van der Waals surface area contributed by atoms with Gasteiger partial charge in [0, 0.05) is 13.2 Å². The van der Waals surface area contributed by atoms with E-state index in [2.05, 4.69) is 5.10 Å². The quantitative estimate of drug-likeness (QED) is 0.629. The van der Waals surface area contributed by atoms with Crippen molar-refractivity contribution in [3.63, 3.8) is 0 Å². The van der Waals surface area contributed by atoms with Gasteiger partial charge in [0.05, 0.1) is 7.11 Å². The molecular weight excluding hydrogens is 325 g/mol. The third kappa shape index (κ3) is 3.76. The van der Waals surface area contributed by atoms with Crippen LogP contribution >= 0.6 is 0 Å². The molecular formula is C16H15F3N2O3. The first-order valence-electron chi connectivity index (χ1n) is 6.90. The van der Waals surface area contributed by atoms with E-state index in [0.29, 0.717) is 0 Å². The molecule has 8 heteroatoms. The fourth-order valence-corrected chi connectivity index (χ4v) is 2.07. The summed E-state index contributed by atoms with van der Waals surface area (Å²) in [6, 6.07) is 4.71. The summed E-state index contributed by atoms with van der Waals surface area (Å²) in [7, 11) is 2.66. The molecule has 0 fully saturated rings. The van der Waals surface area contributed by atoms with Crippen LogP contribution in [0.4, 0.5) is 13.2 Å². The topological polar surface area (TPSA) is 53.4 Å². The number of aromatic nitrogens is 2. The maximum atomic E-state index is 12.9. The highest BCUT2D eigenvalue weighted by Crippen LogP contribution is 2.33. The number of benzene rings is 1. The minimum absolute atomic E-state index is 0.0210. The maximum Gasteiger partial charge on any atom is 0.436 e. The molecule has 0 saturated heterocycles. The summed E-state index contributed by atoms with van der Waals surface area (Å²) >= 11 is 0. The van der Waals surface area contributed by atoms with Gasteiger partial charge < -0.3 is 9.47 Å². The van der Waals surface area contributed by atoms with Crippen molar-refractivity contribution in [2.75, 3.05) is 7.11 Å². The van der Waals surface area contributed by atoms with E-state index in [0.717, 1.165) is 16.4 Å². The monoisotopic (exact) mass is 340 g/mol. The number of esters is 1. The molecule has 0 radical (unpaired) electrons. The number of carbonyl (C=O) groups excluding carboxylic acids is 1. The minimum Gasteiger partial charge on any atom is -0.493 e. The molecule has 1 heterocycles. The van der Waals surface area contributed by atoms with Crippen LogP contribution in [0.15, 0.2) is 30.5 Å². The number of aryl methyl sites for hydroxylation is 1. The van der Waals surface area contributed by atoms with E-state index in [1.54, 1.807) is 18.2 Å². The van der Waals surface area contributed by atoms with Gasteiger partial charge in [-0.1, -0.05) is 18.2 Å². The van der Waals surface area contributed by atoms with Crippen molar-refractivity contribution >= 4 is 12.0 Å². The van der Waals surface area contributed by atoms with Crippen LogP contribution in [0.5, 0.6) is 11.5 Å². The molecule has 2 aromatic rings. The Morgan fingerprint density at radius 3 is 2.58 bits per heavy atom. The van der Waals surface area contributed by atoms with Crippen molar-refractivity contribution in [2.24, 2.45) is 7.05 Å². The molecule has 128 valence electrons. The molecule has 2 rings (SSSR count). The van der Waals surface area contributed by atoms with Gasteiger partial charge in [0.1, 0.15) is 5.56 Å². The van der Waals surface area contributed by atoms with Gasteiger partial charge in [-0.15, -0.1) is 0 Å². The first-order chi connectivity index (χ1) is 11.3. The van der Waals surface area contributed by atoms with Crippen LogP contribution in [0, 0.1) is 0 Å². The molecule has 0 aliphatic heterocycles. The SMILES string of the molecule is CC=Cc1ccc(OC(=O)c2cn(C)nc2C(F)(F)F)c(OC)c1. The van der Waals surface area contributed by atoms with E-state index < -0.39 is 23.4 Å². The molecule has 0 N–H and O–H groups in total. The van der Waals surface area contributed by atoms with E-state index in [4.69, 9.17) is 9.47 Å². The Morgan fingerprint density at radius 1 is 1.29 bits per heavy atom. The summed E-state index contributed by atoms with van der Waals surface area (Å²) in [5.41, 5.74) is -1.16. The zero-order chi connectivity index (χ0) is 17.9. The van der Waals surface area contributed by atoms with Gasteiger partial charge in [-0.3, -0.25) is 4.68 Å². The maximum absolute atomic E-state index is 12.9. The molecule has 0 spiro atoms. The normalized spacial score (nSPS) is 11.8. The number of ether oxygens (including phenoxy) is 2. The summed E-state index contributed by atoms with van der Waals surface area (Å²) in [5.74, 6) is -0.906. The van der Waals surface area contributed by atoms with E-state index in [1.165, 1.54) is 20.2 Å². The summed E-state index contributed by atoms with van der Waals surface area (Å²) in [6.45, 7) is 1.83. The average molecular weight is 340 g/mol. The smallest absolute Gasteiger partial charge is 0.436 e. The number of rotatable bonds is 4. The minimum atomic E-state index is -4.75. The Balaban J connectivity index is 2.34. The van der Waals surface area contributed by atoms with Gasteiger partial charge in [-0.2, -0.15) is 18.3 Å². The van der Waals surface area contributed by atoms with Crippen LogP contribution in [0.25, 0.3) is 6.08 Å². The van der Waals surface area contributed by atoms with Crippen LogP contribution in [0.3, 0.4) is 0 Å². The molecule has 0 saturated carbocycles. The molecule has 1 aromatic carbocycles. The van der Waals surface area contributed by atoms with Gasteiger partial charge in [0.2, 0.25) is 0 Å². The standard InChI is InChI=1S/C16H15F3N2O3/c1-4-5-10-6-7-12(13(8-10)23-3)24-15(22)11-9-21(2)20-14(11)16(17,18)19/h4-9H,1-3H3. The summed E-state index contributed by atoms with van der Waals surface area (Å²) < 4.78 is 49.9. The van der Waals surface area contributed by atoms with Crippen molar-refractivity contribution in [2.45, 2.75) is 13.1 Å². The van der Waals surface area contributed by atoms with Gasteiger partial charge in [0.25, 0.3) is 0 Å². The highest BCUT2D eigenvalue weighted by Gasteiger charge is 2.39. The van der Waals surface area contributed by atoms with E-state index in [9.17, 15) is 18.0 Å². The Kier molecular flexibility index (Phi) is 4.96. The predicted octanol–water partition coefficient (Wildman–Crippen LogP) is 3.70. The molecule has 1 aromatic heterocycles. The van der Waals surface area contributed by atoms with Gasteiger partial charge in [-0.05, 0) is 24.6 Å². The zero-order valence-corrected chi connectivity index (χ0v) is 13.2. The Labute approximate surface area is 136 Å². The fraction of sp³-hybridized carbons (Fsp3) is 0.250. The van der Waals surface area contributed by atoms with E-state index in [-0.39, 0.29) is 11.5 Å². The van der Waals surface area contributed by atoms with Crippen molar-refractivity contribution in [1.29, 1.82) is 0 Å². The van der Waals surface area contributed by atoms with Crippen molar-refractivity contribution in [1.82, 2.24) is 9.78 Å². The lowest BCUT2D eigenvalue weighted by molar-refractivity contribution is -0.141. The van der Waals surface area contributed by atoms with Crippen LogP contribution < -0.4 is 9.47 Å². The number of halogens is 3. The first-order valence-corrected chi connectivity index (χ1v) is 6.90. The molecule has 24 heavy (non-hydrogen) atoms.